The Morgan fingerprint density at radius 2 is 2.17 bits per heavy atom. The van der Waals surface area contributed by atoms with Crippen LogP contribution in [0.1, 0.15) is 18.4 Å². The third-order valence-corrected chi connectivity index (χ3v) is 3.90. The highest BCUT2D eigenvalue weighted by Crippen LogP contribution is 2.18. The molecule has 7 heteroatoms. The van der Waals surface area contributed by atoms with Gasteiger partial charge in [-0.1, -0.05) is 6.07 Å². The van der Waals surface area contributed by atoms with Crippen molar-refractivity contribution in [1.29, 1.82) is 0 Å². The Morgan fingerprint density at radius 3 is 2.96 bits per heavy atom. The van der Waals surface area contributed by atoms with E-state index < -0.39 is 0 Å². The Labute approximate surface area is 140 Å². The number of piperidine rings is 1. The van der Waals surface area contributed by atoms with Gasteiger partial charge in [0, 0.05) is 18.9 Å². The lowest BCUT2D eigenvalue weighted by Gasteiger charge is -2.32. The second-order valence-electron chi connectivity index (χ2n) is 5.66. The van der Waals surface area contributed by atoms with Crippen molar-refractivity contribution < 1.29 is 14.3 Å². The molecule has 2 aromatic rings. The fourth-order valence-corrected chi connectivity index (χ4v) is 2.71. The van der Waals surface area contributed by atoms with Crippen LogP contribution in [0.5, 0.6) is 11.8 Å². The van der Waals surface area contributed by atoms with Crippen molar-refractivity contribution in [3.05, 3.63) is 42.5 Å². The van der Waals surface area contributed by atoms with Gasteiger partial charge in [-0.3, -0.25) is 14.8 Å². The molecule has 1 saturated heterocycles. The molecule has 3 heterocycles. The van der Waals surface area contributed by atoms with E-state index in [1.807, 2.05) is 17.0 Å². The van der Waals surface area contributed by atoms with Crippen LogP contribution in [0.2, 0.25) is 0 Å². The number of pyridine rings is 1. The Bertz CT molecular complexity index is 681. The molecule has 0 saturated carbocycles. The highest BCUT2D eigenvalue weighted by atomic mass is 16.5. The number of amides is 1. The molecule has 0 unspecified atom stereocenters. The lowest BCUT2D eigenvalue weighted by molar-refractivity contribution is -0.133. The van der Waals surface area contributed by atoms with Crippen molar-refractivity contribution >= 4 is 5.91 Å². The Balaban J connectivity index is 1.58. The van der Waals surface area contributed by atoms with Gasteiger partial charge in [-0.2, -0.15) is 4.98 Å². The first-order valence-corrected chi connectivity index (χ1v) is 7.94. The Morgan fingerprint density at radius 1 is 1.29 bits per heavy atom. The summed E-state index contributed by atoms with van der Waals surface area (Å²) in [7, 11) is 1.53. The third-order valence-electron chi connectivity index (χ3n) is 3.90. The van der Waals surface area contributed by atoms with Gasteiger partial charge in [0.15, 0.2) is 0 Å². The van der Waals surface area contributed by atoms with E-state index in [0.717, 1.165) is 24.9 Å². The minimum absolute atomic E-state index is 0.0852. The predicted octanol–water partition coefficient (Wildman–Crippen LogP) is 1.49. The van der Waals surface area contributed by atoms with E-state index in [9.17, 15) is 4.79 Å². The molecule has 24 heavy (non-hydrogen) atoms. The molecule has 1 atom stereocenters. The second-order valence-corrected chi connectivity index (χ2v) is 5.66. The van der Waals surface area contributed by atoms with E-state index >= 15 is 0 Å². The smallest absolute Gasteiger partial charge is 0.235 e. The molecule has 0 aromatic carbocycles. The molecule has 126 valence electrons. The summed E-state index contributed by atoms with van der Waals surface area (Å²) in [6.07, 6.45) is 8.57. The zero-order valence-electron chi connectivity index (χ0n) is 13.6. The first-order valence-electron chi connectivity index (χ1n) is 7.94. The molecular formula is C17H20N4O3. The van der Waals surface area contributed by atoms with Crippen molar-refractivity contribution in [3.8, 4) is 11.8 Å². The molecule has 1 amide bonds. The zero-order valence-corrected chi connectivity index (χ0v) is 13.6. The summed E-state index contributed by atoms with van der Waals surface area (Å²) in [6, 6.07) is 3.75. The normalized spacial score (nSPS) is 17.4. The summed E-state index contributed by atoms with van der Waals surface area (Å²) in [6.45, 7) is 1.31. The molecule has 1 aliphatic rings. The molecule has 0 N–H and O–H groups in total. The maximum Gasteiger partial charge on any atom is 0.235 e. The molecule has 1 fully saturated rings. The van der Waals surface area contributed by atoms with E-state index in [2.05, 4.69) is 15.0 Å². The van der Waals surface area contributed by atoms with Crippen LogP contribution >= 0.6 is 0 Å². The summed E-state index contributed by atoms with van der Waals surface area (Å²) in [5, 5.41) is 0. The van der Waals surface area contributed by atoms with Gasteiger partial charge in [-0.15, -0.1) is 0 Å². The molecule has 3 rings (SSSR count). The van der Waals surface area contributed by atoms with Crippen LogP contribution in [0.15, 0.2) is 36.9 Å². The summed E-state index contributed by atoms with van der Waals surface area (Å²) in [5.41, 5.74) is 0.921. The van der Waals surface area contributed by atoms with Gasteiger partial charge >= 0.3 is 0 Å². The van der Waals surface area contributed by atoms with Crippen LogP contribution in [0.25, 0.3) is 0 Å². The van der Waals surface area contributed by atoms with Crippen LogP contribution in [0.3, 0.4) is 0 Å². The summed E-state index contributed by atoms with van der Waals surface area (Å²) in [5.74, 6) is 0.918. The summed E-state index contributed by atoms with van der Waals surface area (Å²) < 4.78 is 10.9. The second kappa shape index (κ2) is 7.72. The molecular weight excluding hydrogens is 308 g/mol. The SMILES string of the molecule is COc1cncc(O[C@H]2CCCN(C(=O)Cc3cccnc3)C2)n1. The number of ether oxygens (including phenoxy) is 2. The Kier molecular flexibility index (Phi) is 5.20. The first-order chi connectivity index (χ1) is 11.7. The van der Waals surface area contributed by atoms with E-state index in [-0.39, 0.29) is 12.0 Å². The molecule has 0 spiro atoms. The highest BCUT2D eigenvalue weighted by molar-refractivity contribution is 5.78. The fraction of sp³-hybridized carbons (Fsp3) is 0.412. The first kappa shape index (κ1) is 16.2. The third kappa shape index (κ3) is 4.18. The van der Waals surface area contributed by atoms with E-state index in [1.54, 1.807) is 18.6 Å². The number of carbonyl (C=O) groups is 1. The fourth-order valence-electron chi connectivity index (χ4n) is 2.71. The monoisotopic (exact) mass is 328 g/mol. The molecule has 0 aliphatic carbocycles. The number of aromatic nitrogens is 3. The standard InChI is InChI=1S/C17H20N4O3/c1-23-15-10-19-11-16(20-15)24-14-5-3-7-21(12-14)17(22)8-13-4-2-6-18-9-13/h2,4,6,9-11,14H,3,5,7-8,12H2,1H3/t14-/m0/s1. The minimum Gasteiger partial charge on any atom is -0.480 e. The van der Waals surface area contributed by atoms with Gasteiger partial charge in [0.05, 0.1) is 32.5 Å². The number of methoxy groups -OCH3 is 1. The van der Waals surface area contributed by atoms with Crippen LogP contribution in [0, 0.1) is 0 Å². The van der Waals surface area contributed by atoms with Crippen LogP contribution < -0.4 is 9.47 Å². The van der Waals surface area contributed by atoms with Gasteiger partial charge in [0.1, 0.15) is 6.10 Å². The van der Waals surface area contributed by atoms with E-state index in [1.165, 1.54) is 13.3 Å². The van der Waals surface area contributed by atoms with Gasteiger partial charge < -0.3 is 14.4 Å². The molecule has 1 aliphatic heterocycles. The topological polar surface area (TPSA) is 77.4 Å². The minimum atomic E-state index is -0.0852. The maximum atomic E-state index is 12.5. The predicted molar refractivity (Wildman–Crippen MR) is 86.8 cm³/mol. The number of hydrogen-bond donors (Lipinski definition) is 0. The van der Waals surface area contributed by atoms with Crippen molar-refractivity contribution in [2.24, 2.45) is 0 Å². The highest BCUT2D eigenvalue weighted by Gasteiger charge is 2.25. The molecule has 2 aromatic heterocycles. The largest absolute Gasteiger partial charge is 0.480 e. The number of likely N-dealkylation sites (tertiary alicyclic amines) is 1. The summed E-state index contributed by atoms with van der Waals surface area (Å²) in [4.78, 5) is 26.6. The van der Waals surface area contributed by atoms with Crippen LogP contribution in [0.4, 0.5) is 0 Å². The molecule has 7 nitrogen and oxygen atoms in total. The lowest BCUT2D eigenvalue weighted by Crippen LogP contribution is -2.45. The number of carbonyl (C=O) groups excluding carboxylic acids is 1. The Hall–Kier alpha value is -2.70. The maximum absolute atomic E-state index is 12.5. The average Bonchev–Trinajstić information content (AvgIpc) is 2.63. The molecule has 0 bridgehead atoms. The molecule has 0 radical (unpaired) electrons. The number of rotatable bonds is 5. The number of hydrogen-bond acceptors (Lipinski definition) is 6. The van der Waals surface area contributed by atoms with Gasteiger partial charge in [0.25, 0.3) is 0 Å². The van der Waals surface area contributed by atoms with Gasteiger partial charge in [-0.05, 0) is 24.5 Å². The van der Waals surface area contributed by atoms with E-state index in [0.29, 0.717) is 24.7 Å². The zero-order chi connectivity index (χ0) is 16.8. The lowest BCUT2D eigenvalue weighted by atomic mass is 10.1. The van der Waals surface area contributed by atoms with Gasteiger partial charge in [-0.25, -0.2) is 0 Å². The van der Waals surface area contributed by atoms with Crippen molar-refractivity contribution in [1.82, 2.24) is 19.9 Å². The van der Waals surface area contributed by atoms with Crippen molar-refractivity contribution in [3.63, 3.8) is 0 Å². The van der Waals surface area contributed by atoms with Crippen LogP contribution in [-0.2, 0) is 11.2 Å². The average molecular weight is 328 g/mol. The summed E-state index contributed by atoms with van der Waals surface area (Å²) >= 11 is 0. The van der Waals surface area contributed by atoms with Crippen molar-refractivity contribution in [2.45, 2.75) is 25.4 Å². The van der Waals surface area contributed by atoms with Crippen LogP contribution in [-0.4, -0.2) is 52.1 Å². The van der Waals surface area contributed by atoms with Crippen molar-refractivity contribution in [2.75, 3.05) is 20.2 Å². The quantitative estimate of drug-likeness (QED) is 0.827. The van der Waals surface area contributed by atoms with Gasteiger partial charge in [0.2, 0.25) is 17.7 Å². The van der Waals surface area contributed by atoms with E-state index in [4.69, 9.17) is 9.47 Å². The number of nitrogens with zero attached hydrogens (tertiary/aromatic N) is 4.